The Morgan fingerprint density at radius 1 is 0.415 bits per heavy atom. The molecular formula is C40H64N+. The summed E-state index contributed by atoms with van der Waals surface area (Å²) in [6, 6.07) is 22.6. The molecule has 0 heterocycles. The van der Waals surface area contributed by atoms with E-state index in [1.807, 2.05) is 0 Å². The van der Waals surface area contributed by atoms with Crippen LogP contribution in [0.1, 0.15) is 141 Å². The van der Waals surface area contributed by atoms with Gasteiger partial charge in [0.2, 0.25) is 0 Å². The van der Waals surface area contributed by atoms with Crippen LogP contribution in [0, 0.1) is 0 Å². The summed E-state index contributed by atoms with van der Waals surface area (Å²) in [6.07, 6.45) is 33.6. The first kappa shape index (κ1) is 35.1. The maximum atomic E-state index is 2.43. The van der Waals surface area contributed by atoms with Gasteiger partial charge in [0.05, 0.1) is 13.1 Å². The van der Waals surface area contributed by atoms with Crippen LogP contribution in [0.3, 0.4) is 0 Å². The maximum Gasteiger partial charge on any atom is 0.105 e. The molecular weight excluding hydrogens is 494 g/mol. The third kappa shape index (κ3) is 18.1. The molecule has 0 amide bonds. The van der Waals surface area contributed by atoms with Crippen molar-refractivity contribution in [2.75, 3.05) is 13.1 Å². The number of hydrogen-bond acceptors (Lipinski definition) is 0. The topological polar surface area (TPSA) is 0 Å². The van der Waals surface area contributed by atoms with Crippen molar-refractivity contribution >= 4 is 0 Å². The van der Waals surface area contributed by atoms with E-state index in [0.717, 1.165) is 13.1 Å². The molecule has 0 aromatic heterocycles. The van der Waals surface area contributed by atoms with Crippen LogP contribution in [0.2, 0.25) is 0 Å². The molecule has 0 fully saturated rings. The van der Waals surface area contributed by atoms with Crippen molar-refractivity contribution in [3.05, 3.63) is 96.1 Å². The highest BCUT2D eigenvalue weighted by molar-refractivity contribution is 5.15. The fraction of sp³-hybridized carbons (Fsp3) is 0.600. The summed E-state index contributed by atoms with van der Waals surface area (Å²) in [7, 11) is 0. The van der Waals surface area contributed by atoms with Crippen molar-refractivity contribution in [3.8, 4) is 0 Å². The molecule has 0 N–H and O–H groups in total. The zero-order chi connectivity index (χ0) is 29.1. The molecule has 1 nitrogen and oxygen atoms in total. The summed E-state index contributed by atoms with van der Waals surface area (Å²) in [5.74, 6) is 0. The summed E-state index contributed by atoms with van der Waals surface area (Å²) in [6.45, 7) is 9.45. The third-order valence-electron chi connectivity index (χ3n) is 8.51. The third-order valence-corrected chi connectivity index (χ3v) is 8.51. The van der Waals surface area contributed by atoms with Crippen molar-refractivity contribution in [1.29, 1.82) is 0 Å². The highest BCUT2D eigenvalue weighted by atomic mass is 15.3. The van der Waals surface area contributed by atoms with E-state index in [-0.39, 0.29) is 0 Å². The van der Waals surface area contributed by atoms with Gasteiger partial charge >= 0.3 is 0 Å². The van der Waals surface area contributed by atoms with Gasteiger partial charge in [-0.15, -0.1) is 0 Å². The standard InChI is InChI=1S/C40H64N/c1-3-5-7-9-11-13-15-17-19-21-29-35-41(37-39-31-25-23-26-32-39,38-40-33-27-24-28-34-40)36-30-22-20-18-16-14-12-10-8-6-4-2/h11-14,23-28,31-34H,3-10,15-22,29-30,35-38H2,1-2H3/q+1/b13-11+,14-12+. The second kappa shape index (κ2) is 24.5. The highest BCUT2D eigenvalue weighted by Crippen LogP contribution is 2.24. The van der Waals surface area contributed by atoms with Crippen LogP contribution in [0.4, 0.5) is 0 Å². The molecule has 0 aliphatic carbocycles. The molecule has 2 aromatic carbocycles. The van der Waals surface area contributed by atoms with E-state index >= 15 is 0 Å². The van der Waals surface area contributed by atoms with Gasteiger partial charge in [-0.25, -0.2) is 0 Å². The SMILES string of the molecule is CCCCC/C=C/CCCCCC[N+](CCCCCC/C=C/CCCCC)(Cc1ccccc1)Cc1ccccc1. The average Bonchev–Trinajstić information content (AvgIpc) is 3.00. The number of unbranched alkanes of at least 4 members (excludes halogenated alkanes) is 14. The molecule has 0 bridgehead atoms. The van der Waals surface area contributed by atoms with Gasteiger partial charge in [-0.3, -0.25) is 0 Å². The summed E-state index contributed by atoms with van der Waals surface area (Å²) < 4.78 is 1.20. The van der Waals surface area contributed by atoms with E-state index in [1.165, 1.54) is 144 Å². The molecule has 41 heavy (non-hydrogen) atoms. The quantitative estimate of drug-likeness (QED) is 0.0612. The van der Waals surface area contributed by atoms with Gasteiger partial charge < -0.3 is 4.48 Å². The number of benzene rings is 2. The Kier molecular flexibility index (Phi) is 20.9. The van der Waals surface area contributed by atoms with Crippen molar-refractivity contribution in [2.24, 2.45) is 0 Å². The van der Waals surface area contributed by atoms with Crippen molar-refractivity contribution < 1.29 is 4.48 Å². The highest BCUT2D eigenvalue weighted by Gasteiger charge is 2.27. The van der Waals surface area contributed by atoms with Crippen LogP contribution in [-0.4, -0.2) is 17.6 Å². The van der Waals surface area contributed by atoms with E-state index in [2.05, 4.69) is 98.8 Å². The molecule has 1 heteroatoms. The molecule has 0 spiro atoms. The Morgan fingerprint density at radius 3 is 1.12 bits per heavy atom. The lowest BCUT2D eigenvalue weighted by atomic mass is 10.0. The lowest BCUT2D eigenvalue weighted by Crippen LogP contribution is -2.48. The van der Waals surface area contributed by atoms with Crippen LogP contribution in [0.15, 0.2) is 85.0 Å². The molecule has 0 atom stereocenters. The van der Waals surface area contributed by atoms with Gasteiger partial charge in [0, 0.05) is 11.1 Å². The number of nitrogens with zero attached hydrogens (tertiary/aromatic N) is 1. The first-order valence-corrected chi connectivity index (χ1v) is 17.5. The zero-order valence-corrected chi connectivity index (χ0v) is 27.1. The molecule has 0 radical (unpaired) electrons. The van der Waals surface area contributed by atoms with Gasteiger partial charge in [-0.1, -0.05) is 137 Å². The minimum absolute atomic E-state index is 1.15. The van der Waals surface area contributed by atoms with Gasteiger partial charge in [-0.05, 0) is 77.0 Å². The molecule has 0 aliphatic heterocycles. The minimum Gasteiger partial charge on any atom is -0.316 e. The second-order valence-electron chi connectivity index (χ2n) is 12.4. The summed E-state index contributed by atoms with van der Waals surface area (Å²) in [5, 5.41) is 0. The fourth-order valence-corrected chi connectivity index (χ4v) is 6.05. The van der Waals surface area contributed by atoms with Gasteiger partial charge in [-0.2, -0.15) is 0 Å². The minimum atomic E-state index is 1.15. The maximum absolute atomic E-state index is 2.43. The molecule has 228 valence electrons. The average molecular weight is 559 g/mol. The van der Waals surface area contributed by atoms with Gasteiger partial charge in [0.15, 0.2) is 0 Å². The molecule has 0 saturated heterocycles. The lowest BCUT2D eigenvalue weighted by Gasteiger charge is -2.39. The summed E-state index contributed by atoms with van der Waals surface area (Å²) in [4.78, 5) is 0. The Morgan fingerprint density at radius 2 is 0.756 bits per heavy atom. The van der Waals surface area contributed by atoms with Crippen LogP contribution >= 0.6 is 0 Å². The van der Waals surface area contributed by atoms with Gasteiger partial charge in [0.25, 0.3) is 0 Å². The van der Waals surface area contributed by atoms with E-state index in [4.69, 9.17) is 0 Å². The number of quaternary nitrogens is 1. The Balaban J connectivity index is 1.89. The Labute approximate surface area is 255 Å². The molecule has 0 saturated carbocycles. The lowest BCUT2D eigenvalue weighted by molar-refractivity contribution is -0.954. The Hall–Kier alpha value is -2.12. The zero-order valence-electron chi connectivity index (χ0n) is 27.1. The van der Waals surface area contributed by atoms with Crippen molar-refractivity contribution in [1.82, 2.24) is 0 Å². The van der Waals surface area contributed by atoms with Crippen LogP contribution in [-0.2, 0) is 13.1 Å². The first-order valence-electron chi connectivity index (χ1n) is 17.5. The molecule has 0 unspecified atom stereocenters. The predicted octanol–water partition coefficient (Wildman–Crippen LogP) is 12.4. The second-order valence-corrected chi connectivity index (χ2v) is 12.4. The number of hydrogen-bond donors (Lipinski definition) is 0. The van der Waals surface area contributed by atoms with Crippen LogP contribution in [0.25, 0.3) is 0 Å². The number of rotatable bonds is 26. The first-order chi connectivity index (χ1) is 20.3. The van der Waals surface area contributed by atoms with Crippen LogP contribution in [0.5, 0.6) is 0 Å². The van der Waals surface area contributed by atoms with E-state index in [9.17, 15) is 0 Å². The van der Waals surface area contributed by atoms with E-state index in [0.29, 0.717) is 0 Å². The van der Waals surface area contributed by atoms with Crippen molar-refractivity contribution in [3.63, 3.8) is 0 Å². The molecule has 2 aromatic rings. The van der Waals surface area contributed by atoms with E-state index in [1.54, 1.807) is 0 Å². The van der Waals surface area contributed by atoms with Crippen molar-refractivity contribution in [2.45, 2.75) is 143 Å². The summed E-state index contributed by atoms with van der Waals surface area (Å²) in [5.41, 5.74) is 2.98. The summed E-state index contributed by atoms with van der Waals surface area (Å²) >= 11 is 0. The molecule has 0 aliphatic rings. The predicted molar refractivity (Wildman–Crippen MR) is 183 cm³/mol. The normalized spacial score (nSPS) is 12.1. The smallest absolute Gasteiger partial charge is 0.105 e. The molecule has 2 rings (SSSR count). The van der Waals surface area contributed by atoms with E-state index < -0.39 is 0 Å². The fourth-order valence-electron chi connectivity index (χ4n) is 6.05. The van der Waals surface area contributed by atoms with Gasteiger partial charge in [0.1, 0.15) is 13.1 Å². The number of allylic oxidation sites excluding steroid dienone is 4. The largest absolute Gasteiger partial charge is 0.316 e. The Bertz CT molecular complexity index is 806. The monoisotopic (exact) mass is 559 g/mol. The van der Waals surface area contributed by atoms with Crippen LogP contribution < -0.4 is 0 Å².